The molecule has 0 bridgehead atoms. The van der Waals surface area contributed by atoms with Crippen LogP contribution in [0.2, 0.25) is 0 Å². The van der Waals surface area contributed by atoms with Crippen LogP contribution in [0.5, 0.6) is 5.75 Å². The molecule has 9 heteroatoms. The molecule has 3 rings (SSSR count). The van der Waals surface area contributed by atoms with Gasteiger partial charge in [0.25, 0.3) is 5.91 Å². The number of nitrogens with zero attached hydrogens (tertiary/aromatic N) is 1. The molecular formula is C22H32N2O6S. The molecule has 1 aliphatic heterocycles. The van der Waals surface area contributed by atoms with E-state index < -0.39 is 22.1 Å². The average Bonchev–Trinajstić information content (AvgIpc) is 3.33. The topological polar surface area (TPSA) is 102 Å². The van der Waals surface area contributed by atoms with Gasteiger partial charge in [-0.3, -0.25) is 4.79 Å². The summed E-state index contributed by atoms with van der Waals surface area (Å²) in [6, 6.07) is 4.14. The fourth-order valence-corrected chi connectivity index (χ4v) is 5.83. The van der Waals surface area contributed by atoms with Crippen LogP contribution in [0.15, 0.2) is 23.1 Å². The van der Waals surface area contributed by atoms with Crippen molar-refractivity contribution in [3.8, 4) is 5.75 Å². The van der Waals surface area contributed by atoms with Crippen molar-refractivity contribution in [3.05, 3.63) is 23.8 Å². The highest BCUT2D eigenvalue weighted by Crippen LogP contribution is 2.30. The van der Waals surface area contributed by atoms with E-state index >= 15 is 0 Å². The third-order valence-corrected chi connectivity index (χ3v) is 7.94. The third-order valence-electron chi connectivity index (χ3n) is 6.02. The lowest BCUT2D eigenvalue weighted by atomic mass is 9.89. The van der Waals surface area contributed by atoms with Gasteiger partial charge >= 0.3 is 5.97 Å². The number of benzene rings is 1. The fourth-order valence-electron chi connectivity index (χ4n) is 4.13. The summed E-state index contributed by atoms with van der Waals surface area (Å²) in [6.07, 6.45) is 6.46. The zero-order valence-electron chi connectivity index (χ0n) is 18.3. The number of carbonyl (C=O) groups is 2. The number of amides is 1. The van der Waals surface area contributed by atoms with Gasteiger partial charge in [0.1, 0.15) is 10.6 Å². The average molecular weight is 453 g/mol. The molecule has 8 nitrogen and oxygen atoms in total. The van der Waals surface area contributed by atoms with Crippen LogP contribution < -0.4 is 10.1 Å². The molecule has 1 aromatic carbocycles. The molecule has 2 fully saturated rings. The molecule has 0 radical (unpaired) electrons. The second kappa shape index (κ2) is 10.5. The van der Waals surface area contributed by atoms with Crippen molar-refractivity contribution >= 4 is 21.9 Å². The number of nitrogens with one attached hydrogen (secondary N) is 1. The first kappa shape index (κ1) is 23.5. The van der Waals surface area contributed by atoms with Gasteiger partial charge in [0.15, 0.2) is 6.10 Å². The number of carbonyl (C=O) groups excluding carboxylic acids is 2. The van der Waals surface area contributed by atoms with Crippen molar-refractivity contribution in [1.29, 1.82) is 0 Å². The Kier molecular flexibility index (Phi) is 7.94. The second-order valence-corrected chi connectivity index (χ2v) is 10.2. The molecule has 1 saturated carbocycles. The fraction of sp³-hybridized carbons (Fsp3) is 0.636. The smallest absolute Gasteiger partial charge is 0.338 e. The molecule has 0 aromatic heterocycles. The van der Waals surface area contributed by atoms with Gasteiger partial charge in [0.05, 0.1) is 12.7 Å². The van der Waals surface area contributed by atoms with E-state index in [1.165, 1.54) is 55.8 Å². The summed E-state index contributed by atoms with van der Waals surface area (Å²) in [6.45, 7) is 2.98. The number of sulfonamides is 1. The number of hydrogen-bond donors (Lipinski definition) is 1. The van der Waals surface area contributed by atoms with Crippen molar-refractivity contribution in [1.82, 2.24) is 9.62 Å². The zero-order chi connectivity index (χ0) is 22.4. The molecule has 1 saturated heterocycles. The molecule has 1 atom stereocenters. The summed E-state index contributed by atoms with van der Waals surface area (Å²) in [7, 11) is -2.40. The Labute approximate surface area is 184 Å². The van der Waals surface area contributed by atoms with Gasteiger partial charge in [0, 0.05) is 19.6 Å². The van der Waals surface area contributed by atoms with Crippen molar-refractivity contribution in [2.75, 3.05) is 26.7 Å². The molecule has 1 aromatic rings. The van der Waals surface area contributed by atoms with Crippen molar-refractivity contribution in [2.45, 2.75) is 62.9 Å². The Hall–Kier alpha value is -2.13. The monoisotopic (exact) mass is 452 g/mol. The normalized spacial score (nSPS) is 19.0. The summed E-state index contributed by atoms with van der Waals surface area (Å²) >= 11 is 0. The SMILES string of the molecule is COc1ccc(C(=O)O[C@H](C)C(=O)NCC2CCCCC2)cc1S(=O)(=O)N1CCCC1. The van der Waals surface area contributed by atoms with Gasteiger partial charge in [-0.05, 0) is 56.7 Å². The van der Waals surface area contributed by atoms with Crippen LogP contribution in [-0.4, -0.2) is 57.4 Å². The summed E-state index contributed by atoms with van der Waals surface area (Å²) < 4.78 is 37.9. The Balaban J connectivity index is 1.66. The van der Waals surface area contributed by atoms with Crippen LogP contribution in [0.4, 0.5) is 0 Å². The Morgan fingerprint density at radius 1 is 1.13 bits per heavy atom. The van der Waals surface area contributed by atoms with Gasteiger partial charge in [0.2, 0.25) is 10.0 Å². The molecule has 31 heavy (non-hydrogen) atoms. The molecule has 1 aliphatic carbocycles. The van der Waals surface area contributed by atoms with Crippen molar-refractivity contribution < 1.29 is 27.5 Å². The van der Waals surface area contributed by atoms with Crippen LogP contribution in [-0.2, 0) is 19.6 Å². The zero-order valence-corrected chi connectivity index (χ0v) is 19.1. The lowest BCUT2D eigenvalue weighted by molar-refractivity contribution is -0.129. The highest BCUT2D eigenvalue weighted by Gasteiger charge is 2.31. The maximum Gasteiger partial charge on any atom is 0.338 e. The van der Waals surface area contributed by atoms with Crippen LogP contribution in [0.3, 0.4) is 0 Å². The summed E-state index contributed by atoms with van der Waals surface area (Å²) in [5, 5.41) is 2.86. The molecule has 1 N–H and O–H groups in total. The minimum absolute atomic E-state index is 0.0607. The molecule has 1 heterocycles. The first-order chi connectivity index (χ1) is 14.8. The molecule has 1 amide bonds. The van der Waals surface area contributed by atoms with E-state index in [0.29, 0.717) is 25.6 Å². The summed E-state index contributed by atoms with van der Waals surface area (Å²) in [4.78, 5) is 24.9. The quantitative estimate of drug-likeness (QED) is 0.609. The molecule has 172 valence electrons. The maximum atomic E-state index is 13.0. The van der Waals surface area contributed by atoms with Crippen LogP contribution in [0.1, 0.15) is 62.2 Å². The van der Waals surface area contributed by atoms with E-state index in [1.807, 2.05) is 0 Å². The number of rotatable bonds is 8. The first-order valence-electron chi connectivity index (χ1n) is 11.0. The molecule has 0 unspecified atom stereocenters. The standard InChI is InChI=1S/C22H32N2O6S/c1-16(21(25)23-15-17-8-4-3-5-9-17)30-22(26)18-10-11-19(29-2)20(14-18)31(27,28)24-12-6-7-13-24/h10-11,14,16-17H,3-9,12-13,15H2,1-2H3,(H,23,25)/t16-/m1/s1. The number of ether oxygens (including phenoxy) is 2. The van der Waals surface area contributed by atoms with Gasteiger partial charge in [-0.2, -0.15) is 4.31 Å². The van der Waals surface area contributed by atoms with E-state index in [2.05, 4.69) is 5.32 Å². The van der Waals surface area contributed by atoms with Gasteiger partial charge in [-0.15, -0.1) is 0 Å². The number of esters is 1. The van der Waals surface area contributed by atoms with E-state index in [4.69, 9.17) is 9.47 Å². The predicted octanol–water partition coefficient (Wildman–Crippen LogP) is 2.72. The Bertz CT molecular complexity index is 889. The minimum atomic E-state index is -3.78. The van der Waals surface area contributed by atoms with E-state index in [9.17, 15) is 18.0 Å². The van der Waals surface area contributed by atoms with Crippen LogP contribution in [0.25, 0.3) is 0 Å². The first-order valence-corrected chi connectivity index (χ1v) is 12.4. The summed E-state index contributed by atoms with van der Waals surface area (Å²) in [5.74, 6) is -0.458. The van der Waals surface area contributed by atoms with Gasteiger partial charge in [-0.1, -0.05) is 19.3 Å². The van der Waals surface area contributed by atoms with Crippen molar-refractivity contribution in [3.63, 3.8) is 0 Å². The third kappa shape index (κ3) is 5.77. The largest absolute Gasteiger partial charge is 0.495 e. The number of hydrogen-bond acceptors (Lipinski definition) is 6. The highest BCUT2D eigenvalue weighted by molar-refractivity contribution is 7.89. The maximum absolute atomic E-state index is 13.0. The lowest BCUT2D eigenvalue weighted by Gasteiger charge is -2.22. The minimum Gasteiger partial charge on any atom is -0.495 e. The van der Waals surface area contributed by atoms with Crippen LogP contribution in [0, 0.1) is 5.92 Å². The van der Waals surface area contributed by atoms with Gasteiger partial charge in [-0.25, -0.2) is 13.2 Å². The number of methoxy groups -OCH3 is 1. The lowest BCUT2D eigenvalue weighted by Crippen LogP contribution is -2.38. The Morgan fingerprint density at radius 2 is 1.81 bits per heavy atom. The second-order valence-electron chi connectivity index (χ2n) is 8.27. The molecule has 0 spiro atoms. The Morgan fingerprint density at radius 3 is 2.45 bits per heavy atom. The van der Waals surface area contributed by atoms with Crippen molar-refractivity contribution in [2.24, 2.45) is 5.92 Å². The van der Waals surface area contributed by atoms with Gasteiger partial charge < -0.3 is 14.8 Å². The van der Waals surface area contributed by atoms with Crippen LogP contribution >= 0.6 is 0 Å². The van der Waals surface area contributed by atoms with E-state index in [-0.39, 0.29) is 22.1 Å². The summed E-state index contributed by atoms with van der Waals surface area (Å²) in [5.41, 5.74) is 0.0607. The molecule has 2 aliphatic rings. The molecular weight excluding hydrogens is 420 g/mol. The van der Waals surface area contributed by atoms with E-state index in [0.717, 1.165) is 25.7 Å². The highest BCUT2D eigenvalue weighted by atomic mass is 32.2. The predicted molar refractivity (Wildman–Crippen MR) is 115 cm³/mol. The van der Waals surface area contributed by atoms with E-state index in [1.54, 1.807) is 0 Å².